The maximum Gasteiger partial charge on any atom is 0.323 e. The van der Waals surface area contributed by atoms with Crippen LogP contribution in [0.25, 0.3) is 0 Å². The monoisotopic (exact) mass is 270 g/mol. The van der Waals surface area contributed by atoms with Crippen LogP contribution < -0.4 is 5.73 Å². The Morgan fingerprint density at radius 2 is 1.95 bits per heavy atom. The fourth-order valence-corrected chi connectivity index (χ4v) is 2.81. The molecule has 112 valence electrons. The van der Waals surface area contributed by atoms with Crippen molar-refractivity contribution in [2.45, 2.75) is 70.9 Å². The van der Waals surface area contributed by atoms with Crippen molar-refractivity contribution in [3.63, 3.8) is 0 Å². The van der Waals surface area contributed by atoms with E-state index in [0.29, 0.717) is 17.9 Å². The summed E-state index contributed by atoms with van der Waals surface area (Å²) in [7, 11) is 2.15. The van der Waals surface area contributed by atoms with Crippen molar-refractivity contribution in [1.82, 2.24) is 4.90 Å². The molecule has 1 fully saturated rings. The number of nitrogens with two attached hydrogens (primary N) is 1. The first-order valence-corrected chi connectivity index (χ1v) is 7.37. The van der Waals surface area contributed by atoms with E-state index in [9.17, 15) is 4.79 Å². The highest BCUT2D eigenvalue weighted by atomic mass is 16.4. The van der Waals surface area contributed by atoms with Gasteiger partial charge in [0.1, 0.15) is 5.54 Å². The lowest BCUT2D eigenvalue weighted by Gasteiger charge is -2.38. The first kappa shape index (κ1) is 16.4. The second kappa shape index (κ2) is 6.23. The molecule has 0 radical (unpaired) electrons. The van der Waals surface area contributed by atoms with Gasteiger partial charge in [-0.3, -0.25) is 4.79 Å². The van der Waals surface area contributed by atoms with E-state index in [1.165, 1.54) is 25.7 Å². The molecule has 0 aliphatic heterocycles. The van der Waals surface area contributed by atoms with Crippen molar-refractivity contribution in [1.29, 1.82) is 0 Å². The third-order valence-electron chi connectivity index (χ3n) is 4.63. The minimum atomic E-state index is -1.09. The second-order valence-corrected chi connectivity index (χ2v) is 7.20. The highest BCUT2D eigenvalue weighted by molar-refractivity contribution is 5.77. The summed E-state index contributed by atoms with van der Waals surface area (Å²) in [4.78, 5) is 13.3. The SMILES string of the molecule is CN(CCCC(C)(N)C(=O)O)C1CCC(C)(C)CC1. The van der Waals surface area contributed by atoms with Crippen LogP contribution in [0.1, 0.15) is 59.3 Å². The highest BCUT2D eigenvalue weighted by Crippen LogP contribution is 2.36. The van der Waals surface area contributed by atoms with Gasteiger partial charge in [-0.1, -0.05) is 13.8 Å². The van der Waals surface area contributed by atoms with Gasteiger partial charge in [-0.2, -0.15) is 0 Å². The molecule has 1 unspecified atom stereocenters. The smallest absolute Gasteiger partial charge is 0.323 e. The Balaban J connectivity index is 2.29. The number of rotatable bonds is 6. The molecule has 1 rings (SSSR count). The lowest BCUT2D eigenvalue weighted by molar-refractivity contribution is -0.143. The van der Waals surface area contributed by atoms with Crippen molar-refractivity contribution < 1.29 is 9.90 Å². The molecule has 0 amide bonds. The zero-order valence-electron chi connectivity index (χ0n) is 12.9. The summed E-state index contributed by atoms with van der Waals surface area (Å²) < 4.78 is 0. The fourth-order valence-electron chi connectivity index (χ4n) is 2.81. The molecule has 0 heterocycles. The summed E-state index contributed by atoms with van der Waals surface area (Å²) in [5.41, 5.74) is 5.15. The first-order valence-electron chi connectivity index (χ1n) is 7.37. The predicted octanol–water partition coefficient (Wildman–Crippen LogP) is 2.47. The molecule has 19 heavy (non-hydrogen) atoms. The third kappa shape index (κ3) is 5.11. The number of carboxylic acids is 1. The average Bonchev–Trinajstić information content (AvgIpc) is 2.28. The quantitative estimate of drug-likeness (QED) is 0.778. The molecule has 1 aliphatic rings. The molecular weight excluding hydrogens is 240 g/mol. The van der Waals surface area contributed by atoms with Crippen molar-refractivity contribution in [3.8, 4) is 0 Å². The van der Waals surface area contributed by atoms with Gasteiger partial charge in [-0.25, -0.2) is 0 Å². The van der Waals surface area contributed by atoms with E-state index in [1.807, 2.05) is 0 Å². The van der Waals surface area contributed by atoms with E-state index in [0.717, 1.165) is 13.0 Å². The largest absolute Gasteiger partial charge is 0.480 e. The van der Waals surface area contributed by atoms with Crippen LogP contribution in [0.4, 0.5) is 0 Å². The molecule has 0 bridgehead atoms. The van der Waals surface area contributed by atoms with Crippen molar-refractivity contribution in [2.24, 2.45) is 11.1 Å². The molecule has 1 atom stereocenters. The number of carbonyl (C=O) groups is 1. The van der Waals surface area contributed by atoms with Gasteiger partial charge in [0.15, 0.2) is 0 Å². The van der Waals surface area contributed by atoms with E-state index in [4.69, 9.17) is 10.8 Å². The van der Waals surface area contributed by atoms with E-state index in [2.05, 4.69) is 25.8 Å². The van der Waals surface area contributed by atoms with Gasteiger partial charge >= 0.3 is 5.97 Å². The first-order chi connectivity index (χ1) is 8.64. The van der Waals surface area contributed by atoms with Crippen LogP contribution in [0.3, 0.4) is 0 Å². The van der Waals surface area contributed by atoms with Crippen LogP contribution in [0.15, 0.2) is 0 Å². The lowest BCUT2D eigenvalue weighted by atomic mass is 9.75. The van der Waals surface area contributed by atoms with E-state index >= 15 is 0 Å². The van der Waals surface area contributed by atoms with Crippen molar-refractivity contribution in [3.05, 3.63) is 0 Å². The number of hydrogen-bond donors (Lipinski definition) is 2. The van der Waals surface area contributed by atoms with Gasteiger partial charge in [0, 0.05) is 6.04 Å². The van der Waals surface area contributed by atoms with E-state index in [-0.39, 0.29) is 0 Å². The molecule has 0 spiro atoms. The molecule has 0 aromatic carbocycles. The van der Waals surface area contributed by atoms with Crippen molar-refractivity contribution >= 4 is 5.97 Å². The van der Waals surface area contributed by atoms with Crippen molar-refractivity contribution in [2.75, 3.05) is 13.6 Å². The Bertz CT molecular complexity index is 303. The van der Waals surface area contributed by atoms with Gasteiger partial charge in [-0.05, 0) is 64.5 Å². The van der Waals surface area contributed by atoms with Gasteiger partial charge < -0.3 is 15.7 Å². The Hall–Kier alpha value is -0.610. The molecule has 1 aliphatic carbocycles. The minimum absolute atomic E-state index is 0.497. The Morgan fingerprint density at radius 3 is 2.42 bits per heavy atom. The highest BCUT2D eigenvalue weighted by Gasteiger charge is 2.30. The van der Waals surface area contributed by atoms with E-state index in [1.54, 1.807) is 6.92 Å². The Kier molecular flexibility index (Phi) is 5.39. The summed E-state index contributed by atoms with van der Waals surface area (Å²) in [5, 5.41) is 8.97. The van der Waals surface area contributed by atoms with Gasteiger partial charge in [0.05, 0.1) is 0 Å². The second-order valence-electron chi connectivity index (χ2n) is 7.20. The fraction of sp³-hybridized carbons (Fsp3) is 0.933. The van der Waals surface area contributed by atoms with Crippen LogP contribution in [-0.4, -0.2) is 41.1 Å². The number of nitrogens with zero attached hydrogens (tertiary/aromatic N) is 1. The molecule has 0 aromatic rings. The van der Waals surface area contributed by atoms with Gasteiger partial charge in [-0.15, -0.1) is 0 Å². The summed E-state index contributed by atoms with van der Waals surface area (Å²) in [6.07, 6.45) is 6.45. The zero-order chi connectivity index (χ0) is 14.7. The number of hydrogen-bond acceptors (Lipinski definition) is 3. The molecular formula is C15H30N2O2. The molecule has 3 N–H and O–H groups in total. The number of carboxylic acid groups (broad SMARTS) is 1. The Morgan fingerprint density at radius 1 is 1.42 bits per heavy atom. The normalized spacial score (nSPS) is 23.3. The van der Waals surface area contributed by atoms with Crippen LogP contribution in [0, 0.1) is 5.41 Å². The lowest BCUT2D eigenvalue weighted by Crippen LogP contribution is -2.45. The molecule has 0 aromatic heterocycles. The maximum atomic E-state index is 10.9. The van der Waals surface area contributed by atoms with Crippen LogP contribution in [-0.2, 0) is 4.79 Å². The standard InChI is InChI=1S/C15H30N2O2/c1-14(2)9-6-12(7-10-14)17(4)11-5-8-15(3,16)13(18)19/h12H,5-11,16H2,1-4H3,(H,18,19). The summed E-state index contributed by atoms with van der Waals surface area (Å²) in [5.74, 6) is -0.908. The van der Waals surface area contributed by atoms with E-state index < -0.39 is 11.5 Å². The Labute approximate surface area is 117 Å². The zero-order valence-corrected chi connectivity index (χ0v) is 12.9. The summed E-state index contributed by atoms with van der Waals surface area (Å²) >= 11 is 0. The summed E-state index contributed by atoms with van der Waals surface area (Å²) in [6.45, 7) is 7.22. The summed E-state index contributed by atoms with van der Waals surface area (Å²) in [6, 6.07) is 0.655. The average molecular weight is 270 g/mol. The topological polar surface area (TPSA) is 66.6 Å². The van der Waals surface area contributed by atoms with Crippen LogP contribution in [0.5, 0.6) is 0 Å². The predicted molar refractivity (Wildman–Crippen MR) is 78.1 cm³/mol. The molecule has 4 heteroatoms. The maximum absolute atomic E-state index is 10.9. The van der Waals surface area contributed by atoms with Gasteiger partial charge in [0.2, 0.25) is 0 Å². The van der Waals surface area contributed by atoms with Gasteiger partial charge in [0.25, 0.3) is 0 Å². The van der Waals surface area contributed by atoms with Crippen LogP contribution in [0.2, 0.25) is 0 Å². The van der Waals surface area contributed by atoms with Crippen LogP contribution >= 0.6 is 0 Å². The third-order valence-corrected chi connectivity index (χ3v) is 4.63. The molecule has 0 saturated heterocycles. The number of aliphatic carboxylic acids is 1. The molecule has 4 nitrogen and oxygen atoms in total. The minimum Gasteiger partial charge on any atom is -0.480 e. The molecule has 1 saturated carbocycles.